The van der Waals surface area contributed by atoms with Gasteiger partial charge in [-0.25, -0.2) is 4.39 Å². The summed E-state index contributed by atoms with van der Waals surface area (Å²) in [6.07, 6.45) is 4.31. The topological polar surface area (TPSA) is 66.4 Å². The summed E-state index contributed by atoms with van der Waals surface area (Å²) < 4.78 is 14.7. The molecule has 2 heterocycles. The van der Waals surface area contributed by atoms with Crippen LogP contribution in [0, 0.1) is 12.7 Å². The summed E-state index contributed by atoms with van der Waals surface area (Å²) in [6, 6.07) is 18.3. The number of aryl methyl sites for hydroxylation is 1. The Bertz CT molecular complexity index is 1190. The minimum atomic E-state index is -0.273. The molecule has 0 radical (unpaired) electrons. The molecule has 1 fully saturated rings. The lowest BCUT2D eigenvalue weighted by Gasteiger charge is -2.18. The van der Waals surface area contributed by atoms with Crippen molar-refractivity contribution in [1.82, 2.24) is 20.3 Å². The van der Waals surface area contributed by atoms with E-state index in [1.807, 2.05) is 31.2 Å². The lowest BCUT2D eigenvalue weighted by molar-refractivity contribution is 0.0789. The van der Waals surface area contributed by atoms with Crippen molar-refractivity contribution in [2.75, 3.05) is 13.6 Å². The molecular formula is C27H31FN4O2. The molecule has 2 unspecified atom stereocenters. The number of rotatable bonds is 8. The number of pyridine rings is 1. The Morgan fingerprint density at radius 3 is 2.68 bits per heavy atom. The zero-order chi connectivity index (χ0) is 24.1. The van der Waals surface area contributed by atoms with E-state index in [1.165, 1.54) is 12.1 Å². The summed E-state index contributed by atoms with van der Waals surface area (Å²) >= 11 is 0. The van der Waals surface area contributed by atoms with E-state index in [9.17, 15) is 14.0 Å². The standard InChI is InChI=1S/C27H31FN4O2/c1-19-6-3-7-20(16-19)18-32-15-5-9-24(27(32)34)26(33)31(2)14-4-8-23-17-25(30-29-23)21-10-12-22(28)13-11-21/h3,5-7,9-13,15-16,23,25,29-30H,4,8,14,17-18H2,1-2H3. The first kappa shape index (κ1) is 23.9. The second-order valence-electron chi connectivity index (χ2n) is 9.04. The van der Waals surface area contributed by atoms with Gasteiger partial charge in [-0.15, -0.1) is 0 Å². The van der Waals surface area contributed by atoms with Crippen LogP contribution in [0.1, 0.15) is 52.4 Å². The van der Waals surface area contributed by atoms with Crippen molar-refractivity contribution in [3.05, 3.63) is 105 Å². The Morgan fingerprint density at radius 1 is 1.12 bits per heavy atom. The van der Waals surface area contributed by atoms with Gasteiger partial charge in [0.15, 0.2) is 0 Å². The van der Waals surface area contributed by atoms with E-state index in [0.29, 0.717) is 13.1 Å². The second-order valence-corrected chi connectivity index (χ2v) is 9.04. The lowest BCUT2D eigenvalue weighted by Crippen LogP contribution is -2.35. The molecule has 7 heteroatoms. The zero-order valence-electron chi connectivity index (χ0n) is 19.6. The van der Waals surface area contributed by atoms with E-state index in [0.717, 1.165) is 36.0 Å². The number of nitrogens with zero attached hydrogens (tertiary/aromatic N) is 2. The molecule has 1 amide bonds. The number of carbonyl (C=O) groups is 1. The molecule has 2 N–H and O–H groups in total. The van der Waals surface area contributed by atoms with E-state index in [4.69, 9.17) is 0 Å². The average molecular weight is 463 g/mol. The molecule has 1 aromatic heterocycles. The summed E-state index contributed by atoms with van der Waals surface area (Å²) in [5.74, 6) is -0.496. The first-order chi connectivity index (χ1) is 16.4. The van der Waals surface area contributed by atoms with E-state index in [1.54, 1.807) is 47.0 Å². The van der Waals surface area contributed by atoms with Crippen molar-refractivity contribution in [3.8, 4) is 0 Å². The predicted octanol–water partition coefficient (Wildman–Crippen LogP) is 3.80. The van der Waals surface area contributed by atoms with Gasteiger partial charge in [-0.1, -0.05) is 42.0 Å². The van der Waals surface area contributed by atoms with Crippen LogP contribution >= 0.6 is 0 Å². The highest BCUT2D eigenvalue weighted by Gasteiger charge is 2.25. The maximum absolute atomic E-state index is 13.2. The minimum absolute atomic E-state index is 0.140. The molecular weight excluding hydrogens is 431 g/mol. The fourth-order valence-corrected chi connectivity index (χ4v) is 4.44. The molecule has 34 heavy (non-hydrogen) atoms. The van der Waals surface area contributed by atoms with E-state index in [-0.39, 0.29) is 34.9 Å². The van der Waals surface area contributed by atoms with Crippen LogP contribution in [0.5, 0.6) is 0 Å². The van der Waals surface area contributed by atoms with Crippen LogP contribution in [-0.2, 0) is 6.54 Å². The molecule has 1 saturated heterocycles. The van der Waals surface area contributed by atoms with Gasteiger partial charge in [-0.3, -0.25) is 20.4 Å². The van der Waals surface area contributed by atoms with Gasteiger partial charge in [0.25, 0.3) is 11.5 Å². The van der Waals surface area contributed by atoms with Crippen LogP contribution < -0.4 is 16.4 Å². The van der Waals surface area contributed by atoms with E-state index < -0.39 is 0 Å². The fourth-order valence-electron chi connectivity index (χ4n) is 4.44. The molecule has 3 aromatic rings. The van der Waals surface area contributed by atoms with Crippen LogP contribution in [0.25, 0.3) is 0 Å². The first-order valence-corrected chi connectivity index (χ1v) is 11.7. The summed E-state index contributed by atoms with van der Waals surface area (Å²) in [7, 11) is 1.74. The molecule has 2 atom stereocenters. The average Bonchev–Trinajstić information content (AvgIpc) is 3.29. The minimum Gasteiger partial charge on any atom is -0.342 e. The third-order valence-electron chi connectivity index (χ3n) is 6.33. The highest BCUT2D eigenvalue weighted by atomic mass is 19.1. The molecule has 0 bridgehead atoms. The smallest absolute Gasteiger partial charge is 0.263 e. The molecule has 178 valence electrons. The van der Waals surface area contributed by atoms with Gasteiger partial charge in [-0.2, -0.15) is 0 Å². The zero-order valence-corrected chi connectivity index (χ0v) is 19.6. The number of nitrogens with one attached hydrogen (secondary N) is 2. The molecule has 0 aliphatic carbocycles. The van der Waals surface area contributed by atoms with Crippen LogP contribution in [0.3, 0.4) is 0 Å². The highest BCUT2D eigenvalue weighted by Crippen LogP contribution is 2.24. The first-order valence-electron chi connectivity index (χ1n) is 11.7. The van der Waals surface area contributed by atoms with Gasteiger partial charge >= 0.3 is 0 Å². The second kappa shape index (κ2) is 10.8. The van der Waals surface area contributed by atoms with Gasteiger partial charge in [0.05, 0.1) is 6.54 Å². The Kier molecular flexibility index (Phi) is 7.55. The van der Waals surface area contributed by atoms with Crippen molar-refractivity contribution >= 4 is 5.91 Å². The van der Waals surface area contributed by atoms with Crippen LogP contribution in [0.2, 0.25) is 0 Å². The van der Waals surface area contributed by atoms with E-state index >= 15 is 0 Å². The molecule has 1 aliphatic rings. The number of hydrogen-bond acceptors (Lipinski definition) is 4. The Morgan fingerprint density at radius 2 is 1.91 bits per heavy atom. The monoisotopic (exact) mass is 462 g/mol. The van der Waals surface area contributed by atoms with Crippen molar-refractivity contribution in [1.29, 1.82) is 0 Å². The SMILES string of the molecule is Cc1cccc(Cn2cccc(C(=O)N(C)CCCC3CC(c4ccc(F)cc4)NN3)c2=O)c1. The number of aromatic nitrogens is 1. The third-order valence-corrected chi connectivity index (χ3v) is 6.33. The van der Waals surface area contributed by atoms with Gasteiger partial charge in [0.2, 0.25) is 0 Å². The Hall–Kier alpha value is -3.29. The van der Waals surface area contributed by atoms with Crippen LogP contribution in [0.15, 0.2) is 71.7 Å². The normalized spacial score (nSPS) is 17.6. The van der Waals surface area contributed by atoms with Crippen molar-refractivity contribution < 1.29 is 9.18 Å². The van der Waals surface area contributed by atoms with Crippen molar-refractivity contribution in [2.24, 2.45) is 0 Å². The number of carbonyl (C=O) groups excluding carboxylic acids is 1. The van der Waals surface area contributed by atoms with Crippen LogP contribution in [0.4, 0.5) is 4.39 Å². The molecule has 4 rings (SSSR count). The largest absolute Gasteiger partial charge is 0.342 e. The van der Waals surface area contributed by atoms with E-state index in [2.05, 4.69) is 10.9 Å². The fraction of sp³-hybridized carbons (Fsp3) is 0.333. The summed E-state index contributed by atoms with van der Waals surface area (Å²) in [6.45, 7) is 3.01. The number of benzene rings is 2. The van der Waals surface area contributed by atoms with Crippen LogP contribution in [-0.4, -0.2) is 35.0 Å². The number of hydrogen-bond donors (Lipinski definition) is 2. The predicted molar refractivity (Wildman–Crippen MR) is 131 cm³/mol. The van der Waals surface area contributed by atoms with Crippen molar-refractivity contribution in [3.63, 3.8) is 0 Å². The number of halogens is 1. The molecule has 0 saturated carbocycles. The number of amides is 1. The summed E-state index contributed by atoms with van der Waals surface area (Å²) in [5, 5.41) is 0. The van der Waals surface area contributed by atoms with Gasteiger partial charge in [-0.05, 0) is 61.6 Å². The van der Waals surface area contributed by atoms with Gasteiger partial charge < -0.3 is 9.47 Å². The molecule has 6 nitrogen and oxygen atoms in total. The highest BCUT2D eigenvalue weighted by molar-refractivity contribution is 5.93. The quantitative estimate of drug-likeness (QED) is 0.534. The Labute approximate surface area is 199 Å². The van der Waals surface area contributed by atoms with Crippen molar-refractivity contribution in [2.45, 2.75) is 44.8 Å². The third kappa shape index (κ3) is 5.79. The maximum atomic E-state index is 13.2. The maximum Gasteiger partial charge on any atom is 0.263 e. The summed E-state index contributed by atoms with van der Waals surface area (Å²) in [5.41, 5.74) is 9.69. The molecule has 0 spiro atoms. The lowest BCUT2D eigenvalue weighted by atomic mass is 9.99. The molecule has 2 aromatic carbocycles. The number of hydrazine groups is 1. The molecule has 1 aliphatic heterocycles. The van der Waals surface area contributed by atoms with Gasteiger partial charge in [0.1, 0.15) is 11.4 Å². The summed E-state index contributed by atoms with van der Waals surface area (Å²) in [4.78, 5) is 27.5. The van der Waals surface area contributed by atoms with Gasteiger partial charge in [0, 0.05) is 31.9 Å². The Balaban J connectivity index is 1.30.